The van der Waals surface area contributed by atoms with E-state index in [9.17, 15) is 9.18 Å². The van der Waals surface area contributed by atoms with Crippen molar-refractivity contribution in [1.29, 1.82) is 0 Å². The van der Waals surface area contributed by atoms with E-state index < -0.39 is 0 Å². The Bertz CT molecular complexity index is 884. The summed E-state index contributed by atoms with van der Waals surface area (Å²) in [6.07, 6.45) is 3.27. The van der Waals surface area contributed by atoms with E-state index in [4.69, 9.17) is 4.74 Å². The minimum absolute atomic E-state index is 0. The van der Waals surface area contributed by atoms with Crippen molar-refractivity contribution in [1.82, 2.24) is 15.5 Å². The summed E-state index contributed by atoms with van der Waals surface area (Å²) in [4.78, 5) is 19.2. The number of guanidine groups is 1. The van der Waals surface area contributed by atoms with E-state index in [-0.39, 0.29) is 41.8 Å². The topological polar surface area (TPSA) is 66.0 Å². The number of hydrogen-bond donors (Lipinski definition) is 2. The van der Waals surface area contributed by atoms with E-state index in [1.165, 1.54) is 18.6 Å². The molecule has 1 saturated heterocycles. The van der Waals surface area contributed by atoms with Crippen LogP contribution in [0.3, 0.4) is 0 Å². The average molecular weight is 568 g/mol. The second-order valence-electron chi connectivity index (χ2n) is 8.01. The Labute approximate surface area is 213 Å². The maximum absolute atomic E-state index is 13.0. The van der Waals surface area contributed by atoms with Gasteiger partial charge < -0.3 is 20.3 Å². The van der Waals surface area contributed by atoms with Gasteiger partial charge in [-0.1, -0.05) is 12.1 Å². The van der Waals surface area contributed by atoms with Crippen molar-refractivity contribution in [3.63, 3.8) is 0 Å². The van der Waals surface area contributed by atoms with Gasteiger partial charge in [-0.25, -0.2) is 9.38 Å². The summed E-state index contributed by atoms with van der Waals surface area (Å²) in [7, 11) is 0. The number of nitrogens with one attached hydrogen (secondary N) is 2. The molecule has 0 saturated carbocycles. The van der Waals surface area contributed by atoms with Gasteiger partial charge in [0.2, 0.25) is 0 Å². The molecule has 2 aromatic rings. The van der Waals surface area contributed by atoms with Gasteiger partial charge in [0.15, 0.2) is 5.96 Å². The highest BCUT2D eigenvalue weighted by Gasteiger charge is 2.17. The summed E-state index contributed by atoms with van der Waals surface area (Å²) in [5.74, 6) is 1.15. The zero-order valence-electron chi connectivity index (χ0n) is 19.4. The van der Waals surface area contributed by atoms with Crippen LogP contribution in [0.25, 0.3) is 0 Å². The SMILES string of the molecule is CCNC(=NCc1ccc(C(=O)N2CCCCC2)cc1)NCC(C)Oc1ccc(F)cc1.I. The van der Waals surface area contributed by atoms with Crippen LogP contribution in [0.4, 0.5) is 4.39 Å². The third-order valence-electron chi connectivity index (χ3n) is 5.32. The lowest BCUT2D eigenvalue weighted by Crippen LogP contribution is -2.41. The third-order valence-corrected chi connectivity index (χ3v) is 5.32. The smallest absolute Gasteiger partial charge is 0.253 e. The molecule has 0 aromatic heterocycles. The van der Waals surface area contributed by atoms with Crippen LogP contribution in [0.15, 0.2) is 53.5 Å². The Morgan fingerprint density at radius 2 is 1.73 bits per heavy atom. The van der Waals surface area contributed by atoms with Gasteiger partial charge >= 0.3 is 0 Å². The number of carbonyl (C=O) groups is 1. The number of amides is 1. The fraction of sp³-hybridized carbons (Fsp3) is 0.440. The Morgan fingerprint density at radius 1 is 1.06 bits per heavy atom. The monoisotopic (exact) mass is 568 g/mol. The molecule has 0 bridgehead atoms. The summed E-state index contributed by atoms with van der Waals surface area (Å²) >= 11 is 0. The minimum atomic E-state index is -0.284. The van der Waals surface area contributed by atoms with E-state index in [0.29, 0.717) is 24.8 Å². The molecule has 1 aliphatic heterocycles. The predicted molar refractivity (Wildman–Crippen MR) is 141 cm³/mol. The van der Waals surface area contributed by atoms with Crippen molar-refractivity contribution in [3.05, 3.63) is 65.5 Å². The van der Waals surface area contributed by atoms with Gasteiger partial charge in [0.05, 0.1) is 13.1 Å². The molecule has 2 aromatic carbocycles. The average Bonchev–Trinajstić information content (AvgIpc) is 2.83. The predicted octanol–water partition coefficient (Wildman–Crippen LogP) is 4.59. The number of ether oxygens (including phenoxy) is 1. The maximum atomic E-state index is 13.0. The second kappa shape index (κ2) is 14.0. The molecule has 33 heavy (non-hydrogen) atoms. The van der Waals surface area contributed by atoms with E-state index in [1.807, 2.05) is 43.0 Å². The highest BCUT2D eigenvalue weighted by atomic mass is 127. The molecule has 2 N–H and O–H groups in total. The van der Waals surface area contributed by atoms with E-state index in [1.54, 1.807) is 12.1 Å². The highest BCUT2D eigenvalue weighted by molar-refractivity contribution is 14.0. The van der Waals surface area contributed by atoms with Crippen LogP contribution in [-0.4, -0.2) is 49.0 Å². The van der Waals surface area contributed by atoms with Crippen molar-refractivity contribution in [3.8, 4) is 5.75 Å². The first-order valence-electron chi connectivity index (χ1n) is 11.4. The summed E-state index contributed by atoms with van der Waals surface area (Å²) in [5.41, 5.74) is 1.77. The van der Waals surface area contributed by atoms with Gasteiger partial charge in [0.25, 0.3) is 5.91 Å². The number of benzene rings is 2. The highest BCUT2D eigenvalue weighted by Crippen LogP contribution is 2.15. The van der Waals surface area contributed by atoms with Gasteiger partial charge in [0, 0.05) is 25.2 Å². The van der Waals surface area contributed by atoms with Crippen LogP contribution in [-0.2, 0) is 6.54 Å². The van der Waals surface area contributed by atoms with Crippen LogP contribution in [0.1, 0.15) is 49.0 Å². The summed E-state index contributed by atoms with van der Waals surface area (Å²) < 4.78 is 18.8. The van der Waals surface area contributed by atoms with Gasteiger partial charge in [-0.15, -0.1) is 24.0 Å². The summed E-state index contributed by atoms with van der Waals surface area (Å²) in [6.45, 7) is 7.45. The maximum Gasteiger partial charge on any atom is 0.253 e. The Morgan fingerprint density at radius 3 is 2.36 bits per heavy atom. The lowest BCUT2D eigenvalue weighted by atomic mass is 10.1. The molecule has 8 heteroatoms. The zero-order valence-corrected chi connectivity index (χ0v) is 21.7. The van der Waals surface area contributed by atoms with Crippen LogP contribution in [0, 0.1) is 5.82 Å². The number of hydrogen-bond acceptors (Lipinski definition) is 3. The number of likely N-dealkylation sites (tertiary alicyclic amines) is 1. The first-order valence-corrected chi connectivity index (χ1v) is 11.4. The molecule has 0 radical (unpaired) electrons. The first kappa shape index (κ1) is 26.9. The molecule has 1 amide bonds. The Kier molecular flexibility index (Phi) is 11.4. The quantitative estimate of drug-likeness (QED) is 0.278. The number of piperidine rings is 1. The van der Waals surface area contributed by atoms with Gasteiger partial charge in [-0.3, -0.25) is 4.79 Å². The van der Waals surface area contributed by atoms with E-state index in [0.717, 1.165) is 43.6 Å². The fourth-order valence-corrected chi connectivity index (χ4v) is 3.57. The number of aliphatic imine (C=N–C) groups is 1. The number of nitrogens with zero attached hydrogens (tertiary/aromatic N) is 2. The van der Waals surface area contributed by atoms with Gasteiger partial charge in [-0.2, -0.15) is 0 Å². The molecule has 1 heterocycles. The van der Waals surface area contributed by atoms with Gasteiger partial charge in [0.1, 0.15) is 17.7 Å². The lowest BCUT2D eigenvalue weighted by molar-refractivity contribution is 0.0724. The van der Waals surface area contributed by atoms with Crippen molar-refractivity contribution >= 4 is 35.8 Å². The molecule has 0 spiro atoms. The molecule has 6 nitrogen and oxygen atoms in total. The normalized spacial score (nSPS) is 14.8. The van der Waals surface area contributed by atoms with Crippen LogP contribution < -0.4 is 15.4 Å². The molecule has 1 aliphatic rings. The van der Waals surface area contributed by atoms with Gasteiger partial charge in [-0.05, 0) is 75.1 Å². The summed E-state index contributed by atoms with van der Waals surface area (Å²) in [6, 6.07) is 13.7. The molecule has 1 fully saturated rings. The Balaban J connectivity index is 0.00000385. The lowest BCUT2D eigenvalue weighted by Gasteiger charge is -2.26. The fourth-order valence-electron chi connectivity index (χ4n) is 3.57. The molecular formula is C25H34FIN4O2. The number of halogens is 2. The van der Waals surface area contributed by atoms with Crippen LogP contribution >= 0.6 is 24.0 Å². The van der Waals surface area contributed by atoms with Crippen molar-refractivity contribution in [2.75, 3.05) is 26.2 Å². The van der Waals surface area contributed by atoms with E-state index in [2.05, 4.69) is 15.6 Å². The minimum Gasteiger partial charge on any atom is -0.489 e. The van der Waals surface area contributed by atoms with Crippen molar-refractivity contribution in [2.24, 2.45) is 4.99 Å². The second-order valence-corrected chi connectivity index (χ2v) is 8.01. The van der Waals surface area contributed by atoms with Crippen molar-refractivity contribution < 1.29 is 13.9 Å². The van der Waals surface area contributed by atoms with Crippen LogP contribution in [0.5, 0.6) is 5.75 Å². The largest absolute Gasteiger partial charge is 0.489 e. The standard InChI is InChI=1S/C25H33FN4O2.HI/c1-3-27-25(28-17-19(2)32-23-13-11-22(26)12-14-23)29-18-20-7-9-21(10-8-20)24(31)30-15-5-4-6-16-30;/h7-14,19H,3-6,15-18H2,1-2H3,(H2,27,28,29);1H. The molecule has 1 unspecified atom stereocenters. The number of carbonyl (C=O) groups excluding carboxylic acids is 1. The zero-order chi connectivity index (χ0) is 22.8. The number of rotatable bonds is 8. The molecule has 180 valence electrons. The first-order chi connectivity index (χ1) is 15.5. The molecule has 1 atom stereocenters. The molecular weight excluding hydrogens is 534 g/mol. The Hall–Kier alpha value is -2.36. The summed E-state index contributed by atoms with van der Waals surface area (Å²) in [5, 5.41) is 6.50. The van der Waals surface area contributed by atoms with E-state index >= 15 is 0 Å². The third kappa shape index (κ3) is 8.83. The van der Waals surface area contributed by atoms with Crippen molar-refractivity contribution in [2.45, 2.75) is 45.8 Å². The van der Waals surface area contributed by atoms with Crippen LogP contribution in [0.2, 0.25) is 0 Å². The molecule has 0 aliphatic carbocycles. The molecule has 3 rings (SSSR count).